The monoisotopic (exact) mass is 282 g/mol. The highest BCUT2D eigenvalue weighted by molar-refractivity contribution is 5.84. The van der Waals surface area contributed by atoms with E-state index < -0.39 is 0 Å². The van der Waals surface area contributed by atoms with E-state index in [0.29, 0.717) is 5.92 Å². The molecule has 4 heteroatoms. The number of carbonyl (C=O) groups is 1. The first kappa shape index (κ1) is 15.8. The van der Waals surface area contributed by atoms with Crippen molar-refractivity contribution in [3.8, 4) is 0 Å². The molecule has 1 heterocycles. The summed E-state index contributed by atoms with van der Waals surface area (Å²) in [6, 6.07) is -0.000989. The van der Waals surface area contributed by atoms with Gasteiger partial charge in [0.1, 0.15) is 0 Å². The van der Waals surface area contributed by atoms with Crippen molar-refractivity contribution in [2.24, 2.45) is 11.8 Å². The lowest BCUT2D eigenvalue weighted by molar-refractivity contribution is -0.131. The number of ether oxygens (including phenoxy) is 1. The summed E-state index contributed by atoms with van der Waals surface area (Å²) in [6.07, 6.45) is 5.99. The van der Waals surface area contributed by atoms with Crippen LogP contribution in [-0.2, 0) is 9.53 Å². The Balaban J connectivity index is 1.74. The van der Waals surface area contributed by atoms with Crippen LogP contribution in [0.4, 0.5) is 0 Å². The molecule has 0 aromatic carbocycles. The maximum atomic E-state index is 12.4. The van der Waals surface area contributed by atoms with Gasteiger partial charge in [-0.15, -0.1) is 0 Å². The lowest BCUT2D eigenvalue weighted by Crippen LogP contribution is -2.38. The molecule has 0 aromatic heterocycles. The quantitative estimate of drug-likeness (QED) is 0.660. The van der Waals surface area contributed by atoms with E-state index in [0.717, 1.165) is 44.9 Å². The van der Waals surface area contributed by atoms with Crippen molar-refractivity contribution >= 4 is 5.91 Å². The Kier molecular flexibility index (Phi) is 5.85. The van der Waals surface area contributed by atoms with Crippen LogP contribution >= 0.6 is 0 Å². The van der Waals surface area contributed by atoms with Crippen molar-refractivity contribution < 1.29 is 9.53 Å². The molecule has 0 aromatic rings. The van der Waals surface area contributed by atoms with Gasteiger partial charge in [-0.25, -0.2) is 0 Å². The van der Waals surface area contributed by atoms with Gasteiger partial charge >= 0.3 is 0 Å². The zero-order valence-corrected chi connectivity index (χ0v) is 13.2. The Morgan fingerprint density at radius 2 is 2.15 bits per heavy atom. The van der Waals surface area contributed by atoms with Crippen molar-refractivity contribution in [1.29, 1.82) is 0 Å². The third-order valence-electron chi connectivity index (χ3n) is 4.26. The van der Waals surface area contributed by atoms with Crippen LogP contribution in [-0.4, -0.2) is 42.8 Å². The predicted octanol–water partition coefficient (Wildman–Crippen LogP) is 2.39. The van der Waals surface area contributed by atoms with E-state index in [1.807, 2.05) is 4.90 Å². The van der Waals surface area contributed by atoms with Crippen LogP contribution in [0.3, 0.4) is 0 Å². The van der Waals surface area contributed by atoms with E-state index in [1.54, 1.807) is 0 Å². The van der Waals surface area contributed by atoms with Gasteiger partial charge < -0.3 is 9.64 Å². The summed E-state index contributed by atoms with van der Waals surface area (Å²) in [5.41, 5.74) is 0. The van der Waals surface area contributed by atoms with Crippen molar-refractivity contribution in [1.82, 2.24) is 10.2 Å². The first-order valence-electron chi connectivity index (χ1n) is 8.27. The molecule has 0 spiro atoms. The zero-order chi connectivity index (χ0) is 14.5. The fraction of sp³-hybridized carbons (Fsp3) is 0.938. The molecule has 0 radical (unpaired) electrons. The largest absolute Gasteiger partial charge is 0.381 e. The summed E-state index contributed by atoms with van der Waals surface area (Å²) < 4.78 is 5.66. The average Bonchev–Trinajstić information content (AvgIpc) is 3.17. The molecule has 20 heavy (non-hydrogen) atoms. The van der Waals surface area contributed by atoms with Crippen LogP contribution in [0.1, 0.15) is 52.9 Å². The van der Waals surface area contributed by atoms with Gasteiger partial charge in [-0.2, -0.15) is 0 Å². The molecular weight excluding hydrogens is 252 g/mol. The summed E-state index contributed by atoms with van der Waals surface area (Å²) in [7, 11) is 0. The fourth-order valence-corrected chi connectivity index (χ4v) is 2.83. The number of hydrogen-bond acceptors (Lipinski definition) is 3. The molecule has 1 aliphatic heterocycles. The highest BCUT2D eigenvalue weighted by Crippen LogP contribution is 2.28. The molecule has 2 rings (SSSR count). The third kappa shape index (κ3) is 4.19. The molecule has 1 saturated heterocycles. The SMILES string of the molecule is CCCC1NC(C(C)C)C(=O)N1CCCOCC1CC1. The predicted molar refractivity (Wildman–Crippen MR) is 80.3 cm³/mol. The molecule has 2 aliphatic rings. The summed E-state index contributed by atoms with van der Waals surface area (Å²) >= 11 is 0. The number of amides is 1. The third-order valence-corrected chi connectivity index (χ3v) is 4.26. The van der Waals surface area contributed by atoms with Gasteiger partial charge in [0.15, 0.2) is 0 Å². The molecular formula is C16H30N2O2. The van der Waals surface area contributed by atoms with Gasteiger partial charge in [0.05, 0.1) is 12.2 Å². The Bertz CT molecular complexity index is 316. The molecule has 1 amide bonds. The topological polar surface area (TPSA) is 41.6 Å². The minimum atomic E-state index is -0.000989. The number of carbonyl (C=O) groups excluding carboxylic acids is 1. The van der Waals surface area contributed by atoms with Crippen LogP contribution in [0.15, 0.2) is 0 Å². The smallest absolute Gasteiger partial charge is 0.241 e. The second-order valence-corrected chi connectivity index (χ2v) is 6.60. The maximum Gasteiger partial charge on any atom is 0.241 e. The van der Waals surface area contributed by atoms with Gasteiger partial charge in [0.25, 0.3) is 0 Å². The Hall–Kier alpha value is -0.610. The average molecular weight is 282 g/mol. The summed E-state index contributed by atoms with van der Waals surface area (Å²) in [5, 5.41) is 3.50. The van der Waals surface area contributed by atoms with Crippen molar-refractivity contribution in [2.45, 2.75) is 65.1 Å². The maximum absolute atomic E-state index is 12.4. The van der Waals surface area contributed by atoms with Gasteiger partial charge in [0.2, 0.25) is 5.91 Å². The highest BCUT2D eigenvalue weighted by Gasteiger charge is 2.39. The van der Waals surface area contributed by atoms with Gasteiger partial charge in [-0.1, -0.05) is 27.2 Å². The second kappa shape index (κ2) is 7.41. The van der Waals surface area contributed by atoms with Crippen LogP contribution in [0.25, 0.3) is 0 Å². The molecule has 1 N–H and O–H groups in total. The van der Waals surface area contributed by atoms with E-state index in [9.17, 15) is 4.79 Å². The van der Waals surface area contributed by atoms with E-state index >= 15 is 0 Å². The van der Waals surface area contributed by atoms with E-state index in [1.165, 1.54) is 12.8 Å². The van der Waals surface area contributed by atoms with Gasteiger partial charge in [-0.3, -0.25) is 10.1 Å². The molecule has 4 nitrogen and oxygen atoms in total. The van der Waals surface area contributed by atoms with E-state index in [2.05, 4.69) is 26.1 Å². The van der Waals surface area contributed by atoms with Crippen molar-refractivity contribution in [2.75, 3.05) is 19.8 Å². The summed E-state index contributed by atoms with van der Waals surface area (Å²) in [6.45, 7) is 8.92. The van der Waals surface area contributed by atoms with Crippen molar-refractivity contribution in [3.63, 3.8) is 0 Å². The van der Waals surface area contributed by atoms with E-state index in [-0.39, 0.29) is 18.1 Å². The second-order valence-electron chi connectivity index (χ2n) is 6.60. The van der Waals surface area contributed by atoms with Gasteiger partial charge in [-0.05, 0) is 37.5 Å². The Morgan fingerprint density at radius 1 is 1.40 bits per heavy atom. The Labute approximate surface area is 123 Å². The highest BCUT2D eigenvalue weighted by atomic mass is 16.5. The molecule has 116 valence electrons. The van der Waals surface area contributed by atoms with Crippen LogP contribution < -0.4 is 5.32 Å². The van der Waals surface area contributed by atoms with Gasteiger partial charge in [0, 0.05) is 19.8 Å². The van der Waals surface area contributed by atoms with Crippen LogP contribution in [0.5, 0.6) is 0 Å². The summed E-state index contributed by atoms with van der Waals surface area (Å²) in [4.78, 5) is 14.5. The molecule has 1 saturated carbocycles. The minimum absolute atomic E-state index is 0.000989. The molecule has 2 fully saturated rings. The lowest BCUT2D eigenvalue weighted by atomic mass is 10.1. The lowest BCUT2D eigenvalue weighted by Gasteiger charge is -2.23. The number of hydrogen-bond donors (Lipinski definition) is 1. The number of nitrogens with one attached hydrogen (secondary N) is 1. The Morgan fingerprint density at radius 3 is 2.75 bits per heavy atom. The summed E-state index contributed by atoms with van der Waals surface area (Å²) in [5.74, 6) is 1.46. The number of rotatable bonds is 9. The normalized spacial score (nSPS) is 26.8. The zero-order valence-electron chi connectivity index (χ0n) is 13.2. The fourth-order valence-electron chi connectivity index (χ4n) is 2.83. The van der Waals surface area contributed by atoms with Crippen LogP contribution in [0.2, 0.25) is 0 Å². The standard InChI is InChI=1S/C16H30N2O2/c1-4-6-14-17-15(12(2)3)16(19)18(14)9-5-10-20-11-13-7-8-13/h12-15,17H,4-11H2,1-3H3. The van der Waals surface area contributed by atoms with Crippen molar-refractivity contribution in [3.05, 3.63) is 0 Å². The molecule has 2 unspecified atom stereocenters. The molecule has 1 aliphatic carbocycles. The first-order chi connectivity index (χ1) is 9.63. The molecule has 2 atom stereocenters. The molecule has 0 bridgehead atoms. The van der Waals surface area contributed by atoms with E-state index in [4.69, 9.17) is 4.74 Å². The number of nitrogens with zero attached hydrogens (tertiary/aromatic N) is 1. The van der Waals surface area contributed by atoms with Crippen LogP contribution in [0, 0.1) is 11.8 Å². The minimum Gasteiger partial charge on any atom is -0.381 e. The first-order valence-corrected chi connectivity index (χ1v) is 8.27.